The summed E-state index contributed by atoms with van der Waals surface area (Å²) >= 11 is 0. The third-order valence-corrected chi connectivity index (χ3v) is 3.52. The maximum absolute atomic E-state index is 11.9. The molecule has 1 heterocycles. The van der Waals surface area contributed by atoms with E-state index in [9.17, 15) is 21.6 Å². The molecule has 2 atom stereocenters. The molecule has 0 radical (unpaired) electrons. The SMILES string of the molecule is CC1CNCC(NS(=O)(=O)NCC(F)(F)F)C1. The molecule has 17 heavy (non-hydrogen) atoms. The minimum atomic E-state index is -4.55. The summed E-state index contributed by atoms with van der Waals surface area (Å²) in [6, 6.07) is -0.371. The van der Waals surface area contributed by atoms with Crippen LogP contribution in [0, 0.1) is 5.92 Å². The van der Waals surface area contributed by atoms with Gasteiger partial charge in [0.15, 0.2) is 0 Å². The van der Waals surface area contributed by atoms with Crippen LogP contribution in [0.5, 0.6) is 0 Å². The van der Waals surface area contributed by atoms with Crippen LogP contribution < -0.4 is 14.8 Å². The Balaban J connectivity index is 2.43. The molecular weight excluding hydrogens is 259 g/mol. The van der Waals surface area contributed by atoms with Crippen molar-refractivity contribution in [3.05, 3.63) is 0 Å². The highest BCUT2D eigenvalue weighted by molar-refractivity contribution is 7.87. The molecule has 0 aliphatic carbocycles. The normalized spacial score (nSPS) is 27.1. The molecule has 0 bridgehead atoms. The van der Waals surface area contributed by atoms with Crippen LogP contribution in [0.3, 0.4) is 0 Å². The third kappa shape index (κ3) is 6.20. The first kappa shape index (κ1) is 14.7. The Morgan fingerprint density at radius 1 is 1.35 bits per heavy atom. The highest BCUT2D eigenvalue weighted by atomic mass is 32.2. The molecular formula is C8H16F3N3O2S. The molecule has 2 unspecified atom stereocenters. The van der Waals surface area contributed by atoms with E-state index in [-0.39, 0.29) is 6.04 Å². The van der Waals surface area contributed by atoms with E-state index in [1.807, 2.05) is 6.92 Å². The molecule has 1 saturated heterocycles. The summed E-state index contributed by atoms with van der Waals surface area (Å²) in [6.45, 7) is 1.60. The maximum atomic E-state index is 11.9. The molecule has 1 aliphatic rings. The first-order chi connectivity index (χ1) is 7.68. The molecule has 0 aromatic rings. The summed E-state index contributed by atoms with van der Waals surface area (Å²) in [5.74, 6) is 0.291. The van der Waals surface area contributed by atoms with Crippen molar-refractivity contribution in [2.24, 2.45) is 5.92 Å². The molecule has 102 valence electrons. The van der Waals surface area contributed by atoms with Gasteiger partial charge in [-0.3, -0.25) is 0 Å². The molecule has 0 aromatic heterocycles. The van der Waals surface area contributed by atoms with Gasteiger partial charge in [-0.2, -0.15) is 31.0 Å². The number of halogens is 3. The molecule has 0 saturated carbocycles. The average molecular weight is 275 g/mol. The fraction of sp³-hybridized carbons (Fsp3) is 1.00. The van der Waals surface area contributed by atoms with Gasteiger partial charge in [-0.15, -0.1) is 0 Å². The number of hydrogen-bond donors (Lipinski definition) is 3. The Kier molecular flexibility index (Phi) is 4.76. The van der Waals surface area contributed by atoms with Crippen LogP contribution in [0.2, 0.25) is 0 Å². The number of nitrogens with one attached hydrogen (secondary N) is 3. The average Bonchev–Trinajstić information content (AvgIpc) is 2.13. The Bertz CT molecular complexity index is 344. The fourth-order valence-electron chi connectivity index (χ4n) is 1.68. The predicted molar refractivity (Wildman–Crippen MR) is 56.6 cm³/mol. The quantitative estimate of drug-likeness (QED) is 0.675. The fourth-order valence-corrected chi connectivity index (χ4v) is 2.74. The zero-order valence-corrected chi connectivity index (χ0v) is 10.2. The zero-order chi connectivity index (χ0) is 13.1. The third-order valence-electron chi connectivity index (χ3n) is 2.35. The van der Waals surface area contributed by atoms with Gasteiger partial charge in [0.2, 0.25) is 0 Å². The second-order valence-electron chi connectivity index (χ2n) is 4.25. The van der Waals surface area contributed by atoms with Crippen LogP contribution >= 0.6 is 0 Å². The van der Waals surface area contributed by atoms with Gasteiger partial charge in [-0.1, -0.05) is 6.92 Å². The van der Waals surface area contributed by atoms with E-state index in [2.05, 4.69) is 10.0 Å². The number of piperidine rings is 1. The van der Waals surface area contributed by atoms with Crippen molar-refractivity contribution in [3.8, 4) is 0 Å². The Morgan fingerprint density at radius 3 is 2.53 bits per heavy atom. The lowest BCUT2D eigenvalue weighted by atomic mass is 9.99. The highest BCUT2D eigenvalue weighted by Gasteiger charge is 2.30. The number of alkyl halides is 3. The smallest absolute Gasteiger partial charge is 0.315 e. The largest absolute Gasteiger partial charge is 0.402 e. The summed E-state index contributed by atoms with van der Waals surface area (Å²) in [5, 5.41) is 3.00. The van der Waals surface area contributed by atoms with Crippen LogP contribution in [-0.4, -0.2) is 40.3 Å². The van der Waals surface area contributed by atoms with E-state index in [1.165, 1.54) is 4.72 Å². The van der Waals surface area contributed by atoms with Gasteiger partial charge < -0.3 is 5.32 Å². The lowest BCUT2D eigenvalue weighted by Gasteiger charge is -2.28. The summed E-state index contributed by atoms with van der Waals surface area (Å²) in [6.07, 6.45) is -3.94. The molecule has 0 amide bonds. The lowest BCUT2D eigenvalue weighted by Crippen LogP contribution is -2.52. The topological polar surface area (TPSA) is 70.2 Å². The standard InChI is InChI=1S/C8H16F3N3O2S/c1-6-2-7(4-12-3-6)14-17(15,16)13-5-8(9,10)11/h6-7,12-14H,2-5H2,1H3. The van der Waals surface area contributed by atoms with E-state index in [1.54, 1.807) is 0 Å². The van der Waals surface area contributed by atoms with E-state index in [0.717, 1.165) is 6.54 Å². The molecule has 0 spiro atoms. The van der Waals surface area contributed by atoms with Crippen LogP contribution in [0.25, 0.3) is 0 Å². The minimum absolute atomic E-state index is 0.291. The summed E-state index contributed by atoms with van der Waals surface area (Å²) < 4.78 is 61.8. The molecule has 1 aliphatic heterocycles. The van der Waals surface area contributed by atoms with Gasteiger partial charge in [-0.05, 0) is 18.9 Å². The van der Waals surface area contributed by atoms with Crippen molar-refractivity contribution in [2.45, 2.75) is 25.6 Å². The van der Waals surface area contributed by atoms with Crippen LogP contribution in [0.4, 0.5) is 13.2 Å². The van der Waals surface area contributed by atoms with Crippen molar-refractivity contribution in [3.63, 3.8) is 0 Å². The van der Waals surface area contributed by atoms with Gasteiger partial charge in [0.25, 0.3) is 10.2 Å². The van der Waals surface area contributed by atoms with Crippen LogP contribution in [-0.2, 0) is 10.2 Å². The van der Waals surface area contributed by atoms with Crippen LogP contribution in [0.1, 0.15) is 13.3 Å². The second kappa shape index (κ2) is 5.51. The molecule has 3 N–H and O–H groups in total. The Labute approximate surface area is 98.3 Å². The van der Waals surface area contributed by atoms with Gasteiger partial charge in [0.1, 0.15) is 6.54 Å². The van der Waals surface area contributed by atoms with E-state index in [0.29, 0.717) is 18.9 Å². The number of rotatable bonds is 4. The van der Waals surface area contributed by atoms with Crippen molar-refractivity contribution in [1.29, 1.82) is 0 Å². The van der Waals surface area contributed by atoms with Crippen molar-refractivity contribution in [1.82, 2.24) is 14.8 Å². The highest BCUT2D eigenvalue weighted by Crippen LogP contribution is 2.13. The Hall–Kier alpha value is -0.380. The van der Waals surface area contributed by atoms with Crippen molar-refractivity contribution >= 4 is 10.2 Å². The minimum Gasteiger partial charge on any atom is -0.315 e. The molecule has 1 rings (SSSR count). The first-order valence-corrected chi connectivity index (χ1v) is 6.70. The molecule has 5 nitrogen and oxygen atoms in total. The monoisotopic (exact) mass is 275 g/mol. The van der Waals surface area contributed by atoms with Crippen LogP contribution in [0.15, 0.2) is 0 Å². The Morgan fingerprint density at radius 2 is 2.00 bits per heavy atom. The molecule has 1 fully saturated rings. The van der Waals surface area contributed by atoms with E-state index >= 15 is 0 Å². The zero-order valence-electron chi connectivity index (χ0n) is 9.34. The molecule has 0 aromatic carbocycles. The van der Waals surface area contributed by atoms with E-state index < -0.39 is 22.9 Å². The summed E-state index contributed by atoms with van der Waals surface area (Å²) in [4.78, 5) is 0. The lowest BCUT2D eigenvalue weighted by molar-refractivity contribution is -0.121. The van der Waals surface area contributed by atoms with Gasteiger partial charge in [-0.25, -0.2) is 0 Å². The first-order valence-electron chi connectivity index (χ1n) is 5.22. The summed E-state index contributed by atoms with van der Waals surface area (Å²) in [5.41, 5.74) is 0. The molecule has 9 heteroatoms. The van der Waals surface area contributed by atoms with Crippen molar-refractivity contribution < 1.29 is 21.6 Å². The van der Waals surface area contributed by atoms with Gasteiger partial charge in [0.05, 0.1) is 0 Å². The number of hydrogen-bond acceptors (Lipinski definition) is 3. The van der Waals surface area contributed by atoms with E-state index in [4.69, 9.17) is 0 Å². The van der Waals surface area contributed by atoms with Gasteiger partial charge >= 0.3 is 6.18 Å². The maximum Gasteiger partial charge on any atom is 0.402 e. The second-order valence-corrected chi connectivity index (χ2v) is 5.78. The van der Waals surface area contributed by atoms with Gasteiger partial charge in [0, 0.05) is 12.6 Å². The van der Waals surface area contributed by atoms with Crippen molar-refractivity contribution in [2.75, 3.05) is 19.6 Å². The predicted octanol–water partition coefficient (Wildman–Crippen LogP) is -0.0293. The summed E-state index contributed by atoms with van der Waals surface area (Å²) in [7, 11) is -4.10.